The van der Waals surface area contributed by atoms with E-state index in [0.717, 1.165) is 11.6 Å². The van der Waals surface area contributed by atoms with Crippen molar-refractivity contribution in [3.8, 4) is 0 Å². The zero-order chi connectivity index (χ0) is 15.1. The van der Waals surface area contributed by atoms with Crippen LogP contribution < -0.4 is 5.73 Å². The Morgan fingerprint density at radius 3 is 1.89 bits per heavy atom. The number of nitrogens with two attached hydrogens (primary N) is 1. The number of hydrogen-bond donors (Lipinski definition) is 1. The number of hydrogen-bond acceptors (Lipinski definition) is 2. The summed E-state index contributed by atoms with van der Waals surface area (Å²) in [5, 5.41) is 0. The maximum atomic E-state index is 5.35. The quantitative estimate of drug-likeness (QED) is 0.638. The van der Waals surface area contributed by atoms with Gasteiger partial charge in [0.05, 0.1) is 0 Å². The van der Waals surface area contributed by atoms with Gasteiger partial charge in [0, 0.05) is 5.69 Å². The van der Waals surface area contributed by atoms with E-state index in [1.54, 1.807) is 6.07 Å². The van der Waals surface area contributed by atoms with Crippen LogP contribution in [0.3, 0.4) is 0 Å². The zero-order valence-corrected chi connectivity index (χ0v) is 13.3. The van der Waals surface area contributed by atoms with Crippen LogP contribution in [0.2, 0.25) is 0 Å². The molecule has 110 valence electrons. The molecular weight excluding hydrogens is 232 g/mol. The van der Waals surface area contributed by atoms with Crippen LogP contribution in [0.5, 0.6) is 0 Å². The van der Waals surface area contributed by atoms with Crippen molar-refractivity contribution in [3.05, 3.63) is 37.1 Å². The molecule has 1 heterocycles. The minimum absolute atomic E-state index is 0.588. The molecule has 0 amide bonds. The topological polar surface area (TPSA) is 38.9 Å². The van der Waals surface area contributed by atoms with Crippen LogP contribution in [-0.4, -0.2) is 4.98 Å². The van der Waals surface area contributed by atoms with E-state index in [4.69, 9.17) is 5.73 Å². The number of aryl methyl sites for hydroxylation is 1. The molecule has 2 heteroatoms. The Hall–Kier alpha value is -1.31. The third-order valence-electron chi connectivity index (χ3n) is 2.80. The van der Waals surface area contributed by atoms with E-state index in [2.05, 4.69) is 25.1 Å². The van der Waals surface area contributed by atoms with Gasteiger partial charge in [0.15, 0.2) is 0 Å². The largest absolute Gasteiger partial charge is 0.384 e. The fourth-order valence-electron chi connectivity index (χ4n) is 1.87. The van der Waals surface area contributed by atoms with E-state index in [1.807, 2.05) is 32.9 Å². The SMILES string of the molecule is C=C.CC.CC1CCCCC1.Cc1cccc(N)n1. The minimum Gasteiger partial charge on any atom is -0.384 e. The van der Waals surface area contributed by atoms with Gasteiger partial charge in [0.2, 0.25) is 0 Å². The minimum atomic E-state index is 0.588. The Labute approximate surface area is 120 Å². The Kier molecular flexibility index (Phi) is 15.5. The molecule has 0 radical (unpaired) electrons. The highest BCUT2D eigenvalue weighted by atomic mass is 14.8. The second kappa shape index (κ2) is 14.7. The monoisotopic (exact) mass is 264 g/mol. The van der Waals surface area contributed by atoms with Gasteiger partial charge in [0.25, 0.3) is 0 Å². The van der Waals surface area contributed by atoms with E-state index in [0.29, 0.717) is 5.82 Å². The average molecular weight is 264 g/mol. The molecule has 0 saturated heterocycles. The van der Waals surface area contributed by atoms with Crippen LogP contribution in [0.25, 0.3) is 0 Å². The molecule has 0 aromatic carbocycles. The van der Waals surface area contributed by atoms with E-state index >= 15 is 0 Å². The molecule has 2 nitrogen and oxygen atoms in total. The van der Waals surface area contributed by atoms with Gasteiger partial charge in [-0.1, -0.05) is 58.9 Å². The third-order valence-corrected chi connectivity index (χ3v) is 2.80. The second-order valence-electron chi connectivity index (χ2n) is 4.45. The molecule has 2 rings (SSSR count). The first kappa shape index (κ1) is 20.0. The van der Waals surface area contributed by atoms with Gasteiger partial charge in [-0.2, -0.15) is 0 Å². The van der Waals surface area contributed by atoms with Crippen molar-refractivity contribution < 1.29 is 0 Å². The van der Waals surface area contributed by atoms with E-state index in [1.165, 1.54) is 32.1 Å². The molecule has 1 fully saturated rings. The Morgan fingerprint density at radius 1 is 1.11 bits per heavy atom. The Balaban J connectivity index is 0. The average Bonchev–Trinajstić information content (AvgIpc) is 2.44. The molecule has 19 heavy (non-hydrogen) atoms. The van der Waals surface area contributed by atoms with Crippen molar-refractivity contribution in [1.29, 1.82) is 0 Å². The lowest BCUT2D eigenvalue weighted by Gasteiger charge is -2.15. The van der Waals surface area contributed by atoms with Gasteiger partial charge in [-0.25, -0.2) is 4.98 Å². The summed E-state index contributed by atoms with van der Waals surface area (Å²) in [5.74, 6) is 1.62. The van der Waals surface area contributed by atoms with E-state index in [-0.39, 0.29) is 0 Å². The highest BCUT2D eigenvalue weighted by Gasteiger charge is 2.05. The summed E-state index contributed by atoms with van der Waals surface area (Å²) in [6.07, 6.45) is 7.44. The second-order valence-corrected chi connectivity index (χ2v) is 4.45. The number of rotatable bonds is 0. The molecule has 2 N–H and O–H groups in total. The van der Waals surface area contributed by atoms with Crippen LogP contribution in [0, 0.1) is 12.8 Å². The van der Waals surface area contributed by atoms with Gasteiger partial charge in [-0.15, -0.1) is 13.2 Å². The zero-order valence-electron chi connectivity index (χ0n) is 13.3. The van der Waals surface area contributed by atoms with E-state index in [9.17, 15) is 0 Å². The van der Waals surface area contributed by atoms with Crippen molar-refractivity contribution in [1.82, 2.24) is 4.98 Å². The van der Waals surface area contributed by atoms with Crippen LogP contribution in [-0.2, 0) is 0 Å². The maximum Gasteiger partial charge on any atom is 0.123 e. The van der Waals surface area contributed by atoms with Gasteiger partial charge in [0.1, 0.15) is 5.82 Å². The molecule has 0 bridgehead atoms. The van der Waals surface area contributed by atoms with E-state index < -0.39 is 0 Å². The maximum absolute atomic E-state index is 5.35. The number of pyridine rings is 1. The molecule has 1 saturated carbocycles. The standard InChI is InChI=1S/C7H14.C6H8N2.C2H6.C2H4/c1-7-5-3-2-4-6-7;1-5-3-2-4-6(7)8-5;2*1-2/h7H,2-6H2,1H3;2-4H,1H3,(H2,7,8);1-2H3;1-2H2. The Morgan fingerprint density at radius 2 is 1.63 bits per heavy atom. The molecule has 1 aromatic heterocycles. The predicted octanol–water partition coefficient (Wildman–Crippen LogP) is 5.39. The molecule has 0 atom stereocenters. The smallest absolute Gasteiger partial charge is 0.123 e. The molecular formula is C17H32N2. The van der Waals surface area contributed by atoms with Crippen molar-refractivity contribution >= 4 is 5.82 Å². The third kappa shape index (κ3) is 12.9. The summed E-state index contributed by atoms with van der Waals surface area (Å²) >= 11 is 0. The molecule has 1 aliphatic rings. The van der Waals surface area contributed by atoms with Crippen LogP contribution in [0.1, 0.15) is 58.6 Å². The first-order valence-electron chi connectivity index (χ1n) is 7.37. The molecule has 0 unspecified atom stereocenters. The summed E-state index contributed by atoms with van der Waals surface area (Å²) in [7, 11) is 0. The van der Waals surface area contributed by atoms with Crippen molar-refractivity contribution in [2.75, 3.05) is 5.73 Å². The highest BCUT2D eigenvalue weighted by molar-refractivity contribution is 5.28. The first-order valence-corrected chi connectivity index (χ1v) is 7.37. The van der Waals surface area contributed by atoms with Crippen molar-refractivity contribution in [3.63, 3.8) is 0 Å². The lowest BCUT2D eigenvalue weighted by molar-refractivity contribution is 0.385. The normalized spacial score (nSPS) is 13.7. The number of anilines is 1. The fourth-order valence-corrected chi connectivity index (χ4v) is 1.87. The molecule has 0 aliphatic heterocycles. The summed E-state index contributed by atoms with van der Waals surface area (Å²) in [4.78, 5) is 3.95. The molecule has 1 aliphatic carbocycles. The first-order chi connectivity index (χ1) is 9.18. The van der Waals surface area contributed by atoms with Gasteiger partial charge in [-0.3, -0.25) is 0 Å². The van der Waals surface area contributed by atoms with Crippen LogP contribution in [0.4, 0.5) is 5.82 Å². The summed E-state index contributed by atoms with van der Waals surface area (Å²) in [6.45, 7) is 14.3. The highest BCUT2D eigenvalue weighted by Crippen LogP contribution is 2.22. The molecule has 0 spiro atoms. The van der Waals surface area contributed by atoms with Crippen LogP contribution in [0.15, 0.2) is 31.4 Å². The van der Waals surface area contributed by atoms with Crippen molar-refractivity contribution in [2.24, 2.45) is 5.92 Å². The number of nitrogens with zero attached hydrogens (tertiary/aromatic N) is 1. The summed E-state index contributed by atoms with van der Waals surface area (Å²) in [6, 6.07) is 5.57. The summed E-state index contributed by atoms with van der Waals surface area (Å²) < 4.78 is 0. The predicted molar refractivity (Wildman–Crippen MR) is 88.2 cm³/mol. The van der Waals surface area contributed by atoms with Gasteiger partial charge < -0.3 is 5.73 Å². The van der Waals surface area contributed by atoms with Gasteiger partial charge >= 0.3 is 0 Å². The van der Waals surface area contributed by atoms with Gasteiger partial charge in [-0.05, 0) is 25.0 Å². The Bertz CT molecular complexity index is 274. The number of aromatic nitrogens is 1. The number of nitrogen functional groups attached to an aromatic ring is 1. The molecule has 1 aromatic rings. The lowest BCUT2D eigenvalue weighted by Crippen LogP contribution is -1.99. The van der Waals surface area contributed by atoms with Crippen LogP contribution >= 0.6 is 0 Å². The lowest BCUT2D eigenvalue weighted by atomic mass is 9.91. The fraction of sp³-hybridized carbons (Fsp3) is 0.588. The summed E-state index contributed by atoms with van der Waals surface area (Å²) in [5.41, 5.74) is 6.31. The van der Waals surface area contributed by atoms with Crippen molar-refractivity contribution in [2.45, 2.75) is 59.8 Å².